The first-order chi connectivity index (χ1) is 12.9. The van der Waals surface area contributed by atoms with Gasteiger partial charge in [0.15, 0.2) is 23.7 Å². The van der Waals surface area contributed by atoms with Crippen molar-refractivity contribution < 1.29 is 9.59 Å². The number of anilines is 2. The van der Waals surface area contributed by atoms with Gasteiger partial charge in [-0.2, -0.15) is 0 Å². The summed E-state index contributed by atoms with van der Waals surface area (Å²) in [5, 5.41) is 15.3. The van der Waals surface area contributed by atoms with Gasteiger partial charge in [-0.1, -0.05) is 0 Å². The molecule has 2 saturated carbocycles. The van der Waals surface area contributed by atoms with E-state index >= 15 is 0 Å². The normalized spacial score (nSPS) is 14.9. The summed E-state index contributed by atoms with van der Waals surface area (Å²) in [6.45, 7) is 1.22. The molecule has 2 heterocycles. The van der Waals surface area contributed by atoms with Crippen molar-refractivity contribution in [1.29, 1.82) is 0 Å². The maximum Gasteiger partial charge on any atom is 0.257 e. The zero-order valence-electron chi connectivity index (χ0n) is 14.9. The van der Waals surface area contributed by atoms with Gasteiger partial charge in [0.1, 0.15) is 0 Å². The number of hydrogen-bond acceptors (Lipinski definition) is 12. The van der Waals surface area contributed by atoms with Gasteiger partial charge in [0, 0.05) is 18.8 Å². The van der Waals surface area contributed by atoms with E-state index in [1.54, 1.807) is 0 Å². The minimum absolute atomic E-state index is 0.278. The third-order valence-electron chi connectivity index (χ3n) is 3.75. The monoisotopic (exact) mass is 380 g/mol. The third-order valence-corrected chi connectivity index (χ3v) is 3.75. The van der Waals surface area contributed by atoms with Gasteiger partial charge in [-0.15, -0.1) is 20.4 Å². The van der Waals surface area contributed by atoms with Crippen LogP contribution in [0.2, 0.25) is 0 Å². The number of carbonyl (C=O) groups excluding carboxylic acids is 2. The maximum absolute atomic E-state index is 9.44. The Kier molecular flexibility index (Phi) is 6.62. The summed E-state index contributed by atoms with van der Waals surface area (Å²) >= 11 is 0. The minimum atomic E-state index is -0.426. The Morgan fingerprint density at radius 2 is 1.26 bits per heavy atom. The number of nitrogens with zero attached hydrogens (tertiary/aromatic N) is 6. The molecule has 2 aromatic rings. The van der Waals surface area contributed by atoms with Crippen LogP contribution in [-0.2, 0) is 9.59 Å². The Morgan fingerprint density at radius 3 is 1.44 bits per heavy atom. The molecule has 0 aliphatic heterocycles. The lowest BCUT2D eigenvalue weighted by Crippen LogP contribution is -2.19. The SMILES string of the molecule is CC(=O)C=O.NNc1nnc(C2CC2)n1N.NNc1nnc(C2CC2)n1N. The third kappa shape index (κ3) is 5.35. The molecule has 0 radical (unpaired) electrons. The number of aromatic nitrogens is 6. The topological polar surface area (TPSA) is 224 Å². The fourth-order valence-corrected chi connectivity index (χ4v) is 2.04. The Bertz CT molecular complexity index is 720. The number of nitrogen functional groups attached to an aromatic ring is 4. The fraction of sp³-hybridized carbons (Fsp3) is 0.538. The van der Waals surface area contributed by atoms with Crippen molar-refractivity contribution in [2.45, 2.75) is 44.4 Å². The molecule has 148 valence electrons. The Morgan fingerprint density at radius 1 is 0.926 bits per heavy atom. The van der Waals surface area contributed by atoms with Crippen LogP contribution in [0.3, 0.4) is 0 Å². The molecule has 0 aromatic carbocycles. The molecule has 0 saturated heterocycles. The lowest BCUT2D eigenvalue weighted by atomic mass is 10.4. The molecule has 14 nitrogen and oxygen atoms in total. The second-order valence-electron chi connectivity index (χ2n) is 6.07. The number of nitrogens with one attached hydrogen (secondary N) is 2. The quantitative estimate of drug-likeness (QED) is 0.144. The van der Waals surface area contributed by atoms with Gasteiger partial charge in [0.2, 0.25) is 0 Å². The predicted octanol–water partition coefficient (Wildman–Crippen LogP) is -1.92. The molecule has 0 unspecified atom stereocenters. The highest BCUT2D eigenvalue weighted by molar-refractivity contribution is 6.23. The summed E-state index contributed by atoms with van der Waals surface area (Å²) in [6.07, 6.45) is 4.89. The van der Waals surface area contributed by atoms with Crippen LogP contribution in [0.4, 0.5) is 11.9 Å². The molecule has 2 aliphatic carbocycles. The minimum Gasteiger partial charge on any atom is -0.335 e. The molecule has 0 amide bonds. The lowest BCUT2D eigenvalue weighted by Gasteiger charge is -1.99. The van der Waals surface area contributed by atoms with Crippen LogP contribution in [0.5, 0.6) is 0 Å². The highest BCUT2D eigenvalue weighted by atomic mass is 16.2. The fourth-order valence-electron chi connectivity index (χ4n) is 2.04. The number of aldehydes is 1. The highest BCUT2D eigenvalue weighted by Crippen LogP contribution is 2.39. The average molecular weight is 380 g/mol. The molecule has 10 N–H and O–H groups in total. The molecule has 0 atom stereocenters. The van der Waals surface area contributed by atoms with Crippen molar-refractivity contribution in [3.63, 3.8) is 0 Å². The van der Waals surface area contributed by atoms with Crippen LogP contribution in [0.15, 0.2) is 0 Å². The van der Waals surface area contributed by atoms with Gasteiger partial charge in [0.05, 0.1) is 0 Å². The number of hydrazine groups is 2. The van der Waals surface area contributed by atoms with E-state index in [-0.39, 0.29) is 6.29 Å². The van der Waals surface area contributed by atoms with Crippen LogP contribution in [0.1, 0.15) is 56.1 Å². The molecule has 27 heavy (non-hydrogen) atoms. The summed E-state index contributed by atoms with van der Waals surface area (Å²) in [6, 6.07) is 0. The molecule has 2 aliphatic rings. The predicted molar refractivity (Wildman–Crippen MR) is 96.7 cm³/mol. The summed E-state index contributed by atoms with van der Waals surface area (Å²) in [5.74, 6) is 24.5. The van der Waals surface area contributed by atoms with E-state index in [4.69, 9.17) is 28.2 Å². The lowest BCUT2D eigenvalue weighted by molar-refractivity contribution is -0.128. The van der Waals surface area contributed by atoms with E-state index in [2.05, 4.69) is 31.2 Å². The van der Waals surface area contributed by atoms with E-state index in [1.165, 1.54) is 16.3 Å². The first-order valence-corrected chi connectivity index (χ1v) is 8.22. The van der Waals surface area contributed by atoms with Crippen molar-refractivity contribution in [1.82, 2.24) is 29.7 Å². The molecular weight excluding hydrogens is 356 g/mol. The summed E-state index contributed by atoms with van der Waals surface area (Å²) in [7, 11) is 0. The van der Waals surface area contributed by atoms with Crippen molar-refractivity contribution in [3.05, 3.63) is 11.6 Å². The smallest absolute Gasteiger partial charge is 0.257 e. The first-order valence-electron chi connectivity index (χ1n) is 8.22. The molecule has 0 spiro atoms. The number of ketones is 1. The summed E-state index contributed by atoms with van der Waals surface area (Å²) < 4.78 is 2.80. The largest absolute Gasteiger partial charge is 0.335 e. The molecule has 4 rings (SSSR count). The van der Waals surface area contributed by atoms with Gasteiger partial charge in [-0.25, -0.2) is 21.0 Å². The summed E-state index contributed by atoms with van der Waals surface area (Å²) in [4.78, 5) is 18.6. The van der Waals surface area contributed by atoms with E-state index in [0.29, 0.717) is 23.7 Å². The zero-order valence-corrected chi connectivity index (χ0v) is 14.9. The van der Waals surface area contributed by atoms with E-state index in [1.807, 2.05) is 0 Å². The van der Waals surface area contributed by atoms with E-state index in [0.717, 1.165) is 37.3 Å². The average Bonchev–Trinajstić information content (AvgIpc) is 3.59. The second-order valence-corrected chi connectivity index (χ2v) is 6.07. The van der Waals surface area contributed by atoms with Crippen molar-refractivity contribution in [2.75, 3.05) is 22.5 Å². The Hall–Kier alpha value is -3.26. The molecule has 2 fully saturated rings. The van der Waals surface area contributed by atoms with Crippen LogP contribution in [0.25, 0.3) is 0 Å². The molecular formula is C13H24N12O2. The first kappa shape index (κ1) is 20.1. The molecule has 0 bridgehead atoms. The summed E-state index contributed by atoms with van der Waals surface area (Å²) in [5.41, 5.74) is 4.73. The number of Topliss-reactive ketones (excluding diaryl/α,β-unsaturated/α-hetero) is 1. The zero-order chi connectivity index (χ0) is 20.0. The number of hydrogen-bond donors (Lipinski definition) is 6. The van der Waals surface area contributed by atoms with E-state index in [9.17, 15) is 4.79 Å². The standard InChI is InChI=1S/2C5H10N6.C3H4O2/c2*6-8-5-10-9-4(11(5)7)3-1-2-3;1-3(5)2-4/h2*3H,1-2,6-7H2,(H,8,10);2H,1H3. The second kappa shape index (κ2) is 8.91. The van der Waals surface area contributed by atoms with Crippen molar-refractivity contribution >= 4 is 24.0 Å². The van der Waals surface area contributed by atoms with Crippen LogP contribution in [-0.4, -0.2) is 41.8 Å². The number of nitrogens with two attached hydrogens (primary N) is 4. The number of carbonyl (C=O) groups is 2. The Labute approximate surface area is 154 Å². The molecule has 14 heteroatoms. The van der Waals surface area contributed by atoms with Crippen LogP contribution >= 0.6 is 0 Å². The van der Waals surface area contributed by atoms with E-state index < -0.39 is 5.78 Å². The van der Waals surface area contributed by atoms with Crippen LogP contribution in [0, 0.1) is 0 Å². The van der Waals surface area contributed by atoms with Gasteiger partial charge in [0.25, 0.3) is 11.9 Å². The van der Waals surface area contributed by atoms with Gasteiger partial charge < -0.3 is 11.7 Å². The van der Waals surface area contributed by atoms with Crippen molar-refractivity contribution in [3.8, 4) is 0 Å². The maximum atomic E-state index is 9.44. The van der Waals surface area contributed by atoms with Crippen LogP contribution < -0.4 is 34.2 Å². The highest BCUT2D eigenvalue weighted by Gasteiger charge is 2.30. The Balaban J connectivity index is 0.000000157. The van der Waals surface area contributed by atoms with Gasteiger partial charge in [-0.3, -0.25) is 20.4 Å². The van der Waals surface area contributed by atoms with Crippen molar-refractivity contribution in [2.24, 2.45) is 11.7 Å². The van der Waals surface area contributed by atoms with Gasteiger partial charge >= 0.3 is 0 Å². The van der Waals surface area contributed by atoms with Gasteiger partial charge in [-0.05, 0) is 25.7 Å². The number of rotatable bonds is 5. The molecule has 2 aromatic heterocycles.